The van der Waals surface area contributed by atoms with Crippen molar-refractivity contribution in [3.05, 3.63) is 57.9 Å². The van der Waals surface area contributed by atoms with E-state index in [1.807, 2.05) is 0 Å². The van der Waals surface area contributed by atoms with Crippen molar-refractivity contribution < 1.29 is 9.13 Å². The molecule has 1 N–H and O–H groups in total. The van der Waals surface area contributed by atoms with Crippen molar-refractivity contribution in [3.63, 3.8) is 0 Å². The van der Waals surface area contributed by atoms with E-state index in [9.17, 15) is 4.39 Å². The summed E-state index contributed by atoms with van der Waals surface area (Å²) in [6.45, 7) is 4.75. The van der Waals surface area contributed by atoms with E-state index in [-0.39, 0.29) is 11.1 Å². The van der Waals surface area contributed by atoms with Gasteiger partial charge in [0.1, 0.15) is 17.7 Å². The molecule has 1 unspecified atom stereocenters. The second-order valence-electron chi connectivity index (χ2n) is 5.17. The normalized spacial score (nSPS) is 17.1. The van der Waals surface area contributed by atoms with E-state index in [4.69, 9.17) is 16.3 Å². The highest BCUT2D eigenvalue weighted by Gasteiger charge is 2.22. The minimum absolute atomic E-state index is 0.102. The molecule has 3 rings (SSSR count). The Morgan fingerprint density at radius 2 is 1.85 bits per heavy atom. The van der Waals surface area contributed by atoms with Gasteiger partial charge >= 0.3 is 0 Å². The third kappa shape index (κ3) is 2.46. The lowest BCUT2D eigenvalue weighted by molar-refractivity contribution is 0.209. The number of rotatable bonds is 1. The van der Waals surface area contributed by atoms with Crippen LogP contribution < -0.4 is 10.1 Å². The smallest absolute Gasteiger partial charge is 0.146 e. The van der Waals surface area contributed by atoms with Crippen LogP contribution >= 0.6 is 11.6 Å². The van der Waals surface area contributed by atoms with Crippen molar-refractivity contribution in [3.8, 4) is 5.75 Å². The first-order chi connectivity index (χ1) is 9.52. The van der Waals surface area contributed by atoms with E-state index >= 15 is 0 Å². The SMILES string of the molecule is Cc1cc(C)cc(C2CNc3cc(Cl)c(F)cc3O2)c1. The molecule has 2 aromatic rings. The Labute approximate surface area is 122 Å². The summed E-state index contributed by atoms with van der Waals surface area (Å²) in [7, 11) is 0. The molecule has 0 radical (unpaired) electrons. The van der Waals surface area contributed by atoms with Crippen LogP contribution in [0.25, 0.3) is 0 Å². The molecular formula is C16H15ClFNO. The Morgan fingerprint density at radius 3 is 2.55 bits per heavy atom. The van der Waals surface area contributed by atoms with Gasteiger partial charge in [-0.2, -0.15) is 0 Å². The summed E-state index contributed by atoms with van der Waals surface area (Å²) in [4.78, 5) is 0. The molecule has 0 saturated carbocycles. The van der Waals surface area contributed by atoms with Gasteiger partial charge in [0.15, 0.2) is 0 Å². The third-order valence-electron chi connectivity index (χ3n) is 3.39. The number of benzene rings is 2. The topological polar surface area (TPSA) is 21.3 Å². The number of hydrogen-bond donors (Lipinski definition) is 1. The lowest BCUT2D eigenvalue weighted by Gasteiger charge is -2.28. The van der Waals surface area contributed by atoms with Crippen LogP contribution in [0.5, 0.6) is 5.75 Å². The molecule has 1 heterocycles. The van der Waals surface area contributed by atoms with Crippen LogP contribution in [0.15, 0.2) is 30.3 Å². The van der Waals surface area contributed by atoms with E-state index in [1.54, 1.807) is 6.07 Å². The maximum atomic E-state index is 13.5. The molecule has 2 aromatic carbocycles. The van der Waals surface area contributed by atoms with Gasteiger partial charge in [-0.15, -0.1) is 0 Å². The van der Waals surface area contributed by atoms with Crippen molar-refractivity contribution in [1.82, 2.24) is 0 Å². The summed E-state index contributed by atoms with van der Waals surface area (Å²) < 4.78 is 19.4. The predicted octanol–water partition coefficient (Wildman–Crippen LogP) is 4.64. The molecule has 2 nitrogen and oxygen atoms in total. The Bertz CT molecular complexity index is 652. The highest BCUT2D eigenvalue weighted by molar-refractivity contribution is 6.31. The molecule has 0 aliphatic carbocycles. The lowest BCUT2D eigenvalue weighted by atomic mass is 10.0. The van der Waals surface area contributed by atoms with Gasteiger partial charge in [0.2, 0.25) is 0 Å². The number of halogens is 2. The minimum Gasteiger partial charge on any atom is -0.482 e. The molecule has 0 amide bonds. The highest BCUT2D eigenvalue weighted by Crippen LogP contribution is 2.37. The lowest BCUT2D eigenvalue weighted by Crippen LogP contribution is -2.23. The molecule has 0 spiro atoms. The molecule has 0 fully saturated rings. The van der Waals surface area contributed by atoms with Gasteiger partial charge < -0.3 is 10.1 Å². The standard InChI is InChI=1S/C16H15ClFNO/c1-9-3-10(2)5-11(4-9)16-8-19-14-6-12(17)13(18)7-15(14)20-16/h3-7,16,19H,8H2,1-2H3. The summed E-state index contributed by atoms with van der Waals surface area (Å²) in [5, 5.41) is 3.34. The summed E-state index contributed by atoms with van der Waals surface area (Å²) in [5.41, 5.74) is 4.21. The molecule has 1 aliphatic rings. The van der Waals surface area contributed by atoms with Gasteiger partial charge in [0, 0.05) is 6.07 Å². The molecule has 1 atom stereocenters. The van der Waals surface area contributed by atoms with Gasteiger partial charge in [-0.1, -0.05) is 40.9 Å². The van der Waals surface area contributed by atoms with Gasteiger partial charge in [-0.25, -0.2) is 4.39 Å². The molecule has 104 valence electrons. The molecule has 0 bridgehead atoms. The van der Waals surface area contributed by atoms with Crippen LogP contribution in [0.2, 0.25) is 5.02 Å². The number of aryl methyl sites for hydroxylation is 2. The van der Waals surface area contributed by atoms with Crippen molar-refractivity contribution in [2.45, 2.75) is 20.0 Å². The van der Waals surface area contributed by atoms with Crippen LogP contribution in [0.4, 0.5) is 10.1 Å². The first kappa shape index (κ1) is 13.3. The minimum atomic E-state index is -0.465. The van der Waals surface area contributed by atoms with Gasteiger partial charge in [0.25, 0.3) is 0 Å². The zero-order valence-electron chi connectivity index (χ0n) is 11.3. The maximum Gasteiger partial charge on any atom is 0.146 e. The summed E-state index contributed by atoms with van der Waals surface area (Å²) in [6.07, 6.45) is -0.123. The number of ether oxygens (including phenoxy) is 1. The maximum absolute atomic E-state index is 13.5. The Balaban J connectivity index is 1.93. The van der Waals surface area contributed by atoms with Gasteiger partial charge in [0.05, 0.1) is 17.3 Å². The second kappa shape index (κ2) is 4.98. The van der Waals surface area contributed by atoms with E-state index in [0.717, 1.165) is 11.3 Å². The zero-order valence-corrected chi connectivity index (χ0v) is 12.1. The van der Waals surface area contributed by atoms with E-state index in [1.165, 1.54) is 17.2 Å². The first-order valence-electron chi connectivity index (χ1n) is 6.51. The number of hydrogen-bond acceptors (Lipinski definition) is 2. The molecule has 0 saturated heterocycles. The Morgan fingerprint density at radius 1 is 1.15 bits per heavy atom. The van der Waals surface area contributed by atoms with Crippen molar-refractivity contribution in [2.75, 3.05) is 11.9 Å². The fourth-order valence-electron chi connectivity index (χ4n) is 2.54. The Hall–Kier alpha value is -1.74. The van der Waals surface area contributed by atoms with Crippen LogP contribution in [0.3, 0.4) is 0 Å². The fourth-order valence-corrected chi connectivity index (χ4v) is 2.71. The summed E-state index contributed by atoms with van der Waals surface area (Å²) in [5.74, 6) is 0.0376. The second-order valence-corrected chi connectivity index (χ2v) is 5.58. The van der Waals surface area contributed by atoms with Crippen molar-refractivity contribution >= 4 is 17.3 Å². The average Bonchev–Trinajstić information content (AvgIpc) is 2.38. The third-order valence-corrected chi connectivity index (χ3v) is 3.68. The fraction of sp³-hybridized carbons (Fsp3) is 0.250. The first-order valence-corrected chi connectivity index (χ1v) is 6.88. The average molecular weight is 292 g/mol. The van der Waals surface area contributed by atoms with Crippen molar-refractivity contribution in [1.29, 1.82) is 0 Å². The summed E-state index contributed by atoms with van der Waals surface area (Å²) in [6, 6.07) is 9.20. The summed E-state index contributed by atoms with van der Waals surface area (Å²) >= 11 is 5.77. The van der Waals surface area contributed by atoms with Gasteiger partial charge in [-0.3, -0.25) is 0 Å². The van der Waals surface area contributed by atoms with E-state index < -0.39 is 5.82 Å². The van der Waals surface area contributed by atoms with Crippen LogP contribution in [0, 0.1) is 19.7 Å². The number of anilines is 1. The predicted molar refractivity (Wildman–Crippen MR) is 79.2 cm³/mol. The van der Waals surface area contributed by atoms with Gasteiger partial charge in [-0.05, 0) is 25.5 Å². The zero-order chi connectivity index (χ0) is 14.3. The Kier molecular flexibility index (Phi) is 3.30. The number of nitrogens with one attached hydrogen (secondary N) is 1. The van der Waals surface area contributed by atoms with Crippen LogP contribution in [-0.2, 0) is 0 Å². The molecule has 1 aliphatic heterocycles. The monoisotopic (exact) mass is 291 g/mol. The van der Waals surface area contributed by atoms with Crippen LogP contribution in [-0.4, -0.2) is 6.54 Å². The molecule has 20 heavy (non-hydrogen) atoms. The van der Waals surface area contributed by atoms with E-state index in [2.05, 4.69) is 37.4 Å². The highest BCUT2D eigenvalue weighted by atomic mass is 35.5. The molecule has 4 heteroatoms. The molecule has 0 aromatic heterocycles. The largest absolute Gasteiger partial charge is 0.482 e. The number of fused-ring (bicyclic) bond motifs is 1. The van der Waals surface area contributed by atoms with Crippen molar-refractivity contribution in [2.24, 2.45) is 0 Å². The molecular weight excluding hydrogens is 277 g/mol. The van der Waals surface area contributed by atoms with Crippen LogP contribution in [0.1, 0.15) is 22.8 Å². The van der Waals surface area contributed by atoms with E-state index in [0.29, 0.717) is 12.3 Å². The quantitative estimate of drug-likeness (QED) is 0.826.